The molecule has 2 rings (SSSR count). The van der Waals surface area contributed by atoms with Gasteiger partial charge in [0.05, 0.1) is 5.69 Å². The van der Waals surface area contributed by atoms with E-state index >= 15 is 0 Å². The third-order valence-electron chi connectivity index (χ3n) is 2.99. The Hall–Kier alpha value is -1.85. The fourth-order valence-corrected chi connectivity index (χ4v) is 2.03. The Balaban J connectivity index is 2.70. The summed E-state index contributed by atoms with van der Waals surface area (Å²) < 4.78 is 13.7. The summed E-state index contributed by atoms with van der Waals surface area (Å²) in [6.45, 7) is 5.28. The van der Waals surface area contributed by atoms with Crippen molar-refractivity contribution in [3.8, 4) is 11.4 Å². The molecule has 0 unspecified atom stereocenters. The second kappa shape index (κ2) is 5.03. The highest BCUT2D eigenvalue weighted by Gasteiger charge is 2.19. The highest BCUT2D eigenvalue weighted by Crippen LogP contribution is 2.26. The summed E-state index contributed by atoms with van der Waals surface area (Å²) in [5.41, 5.74) is 2.38. The van der Waals surface area contributed by atoms with Gasteiger partial charge in [0.25, 0.3) is 0 Å². The van der Waals surface area contributed by atoms with Crippen LogP contribution in [0.4, 0.5) is 4.39 Å². The Kier molecular flexibility index (Phi) is 3.59. The van der Waals surface area contributed by atoms with E-state index in [1.807, 2.05) is 32.0 Å². The van der Waals surface area contributed by atoms with Gasteiger partial charge in [-0.05, 0) is 31.9 Å². The third-order valence-corrected chi connectivity index (χ3v) is 2.99. The lowest BCUT2D eigenvalue weighted by molar-refractivity contribution is -0.0486. The van der Waals surface area contributed by atoms with Crippen LogP contribution >= 0.6 is 0 Å². The number of hydrogen-bond donors (Lipinski definition) is 2. The van der Waals surface area contributed by atoms with Crippen molar-refractivity contribution < 1.29 is 14.6 Å². The Bertz CT molecular complexity index is 607. The Morgan fingerprint density at radius 2 is 1.63 bits per heavy atom. The van der Waals surface area contributed by atoms with Crippen molar-refractivity contribution in [3.05, 3.63) is 46.5 Å². The van der Waals surface area contributed by atoms with E-state index in [4.69, 9.17) is 10.2 Å². The van der Waals surface area contributed by atoms with Crippen LogP contribution in [0.5, 0.6) is 0 Å². The molecule has 0 aliphatic rings. The molecule has 2 aromatic rings. The SMILES string of the molecule is Cc1cccc(C)c1-c1nc(C)c(F)c(C(O)O)n1. The largest absolute Gasteiger partial charge is 0.363 e. The van der Waals surface area contributed by atoms with E-state index in [1.54, 1.807) is 0 Å². The minimum atomic E-state index is -1.95. The first-order valence-corrected chi connectivity index (χ1v) is 5.88. The Morgan fingerprint density at radius 1 is 1.05 bits per heavy atom. The Morgan fingerprint density at radius 3 is 2.16 bits per heavy atom. The molecule has 0 atom stereocenters. The fourth-order valence-electron chi connectivity index (χ4n) is 2.03. The second-order valence-corrected chi connectivity index (χ2v) is 4.47. The zero-order valence-electron chi connectivity index (χ0n) is 11.0. The molecule has 2 N–H and O–H groups in total. The minimum absolute atomic E-state index is 0.0933. The van der Waals surface area contributed by atoms with Gasteiger partial charge in [-0.25, -0.2) is 14.4 Å². The van der Waals surface area contributed by atoms with Crippen molar-refractivity contribution in [1.82, 2.24) is 9.97 Å². The van der Waals surface area contributed by atoms with Crippen molar-refractivity contribution >= 4 is 0 Å². The van der Waals surface area contributed by atoms with Crippen LogP contribution in [0.1, 0.15) is 28.8 Å². The van der Waals surface area contributed by atoms with Crippen LogP contribution < -0.4 is 0 Å². The number of aryl methyl sites for hydroxylation is 3. The van der Waals surface area contributed by atoms with Crippen LogP contribution in [0.3, 0.4) is 0 Å². The number of rotatable bonds is 2. The average molecular weight is 262 g/mol. The van der Waals surface area contributed by atoms with E-state index in [0.29, 0.717) is 5.82 Å². The van der Waals surface area contributed by atoms with E-state index in [0.717, 1.165) is 16.7 Å². The van der Waals surface area contributed by atoms with Gasteiger partial charge in [-0.1, -0.05) is 18.2 Å². The zero-order valence-corrected chi connectivity index (χ0v) is 11.0. The molecule has 0 fully saturated rings. The van der Waals surface area contributed by atoms with Crippen LogP contribution in [0.2, 0.25) is 0 Å². The van der Waals surface area contributed by atoms with Crippen LogP contribution in [0, 0.1) is 26.6 Å². The highest BCUT2D eigenvalue weighted by atomic mass is 19.1. The standard InChI is InChI=1S/C14H15FN2O2/c1-7-5-4-6-8(2)10(7)13-16-9(3)11(15)12(17-13)14(18)19/h4-6,14,18-19H,1-3H3. The van der Waals surface area contributed by atoms with Gasteiger partial charge in [0.1, 0.15) is 5.69 Å². The third kappa shape index (κ3) is 2.47. The summed E-state index contributed by atoms with van der Waals surface area (Å²) in [6.07, 6.45) is -1.95. The quantitative estimate of drug-likeness (QED) is 0.814. The molecular formula is C14H15FN2O2. The van der Waals surface area contributed by atoms with Crippen LogP contribution in [0.15, 0.2) is 18.2 Å². The van der Waals surface area contributed by atoms with Crippen molar-refractivity contribution in [2.75, 3.05) is 0 Å². The number of aliphatic hydroxyl groups is 2. The van der Waals surface area contributed by atoms with Gasteiger partial charge >= 0.3 is 0 Å². The highest BCUT2D eigenvalue weighted by molar-refractivity contribution is 5.64. The van der Waals surface area contributed by atoms with Crippen LogP contribution in [0.25, 0.3) is 11.4 Å². The van der Waals surface area contributed by atoms with E-state index in [1.165, 1.54) is 6.92 Å². The molecule has 4 nitrogen and oxygen atoms in total. The first kappa shape index (κ1) is 13.6. The molecule has 100 valence electrons. The van der Waals surface area contributed by atoms with Crippen molar-refractivity contribution in [3.63, 3.8) is 0 Å². The van der Waals surface area contributed by atoms with Gasteiger partial charge in [0, 0.05) is 5.56 Å². The fraction of sp³-hybridized carbons (Fsp3) is 0.286. The van der Waals surface area contributed by atoms with Gasteiger partial charge in [0.2, 0.25) is 0 Å². The normalized spacial score (nSPS) is 11.1. The first-order chi connectivity index (χ1) is 8.91. The number of halogens is 1. The van der Waals surface area contributed by atoms with Gasteiger partial charge in [-0.2, -0.15) is 0 Å². The summed E-state index contributed by atoms with van der Waals surface area (Å²) in [7, 11) is 0. The Labute approximate surface area is 110 Å². The van der Waals surface area contributed by atoms with Crippen molar-refractivity contribution in [2.24, 2.45) is 0 Å². The molecule has 0 bridgehead atoms. The maximum atomic E-state index is 13.7. The summed E-state index contributed by atoms with van der Waals surface area (Å²) in [4.78, 5) is 8.04. The molecule has 0 saturated heterocycles. The summed E-state index contributed by atoms with van der Waals surface area (Å²) in [5.74, 6) is -0.484. The first-order valence-electron chi connectivity index (χ1n) is 5.88. The molecule has 0 aliphatic heterocycles. The molecule has 1 aromatic heterocycles. The van der Waals surface area contributed by atoms with E-state index < -0.39 is 17.8 Å². The minimum Gasteiger partial charge on any atom is -0.363 e. The molecule has 0 aliphatic carbocycles. The van der Waals surface area contributed by atoms with Crippen LogP contribution in [-0.4, -0.2) is 20.2 Å². The maximum Gasteiger partial charge on any atom is 0.199 e. The average Bonchev–Trinajstić information content (AvgIpc) is 2.32. The second-order valence-electron chi connectivity index (χ2n) is 4.47. The van der Waals surface area contributed by atoms with Crippen LogP contribution in [-0.2, 0) is 0 Å². The topological polar surface area (TPSA) is 66.2 Å². The van der Waals surface area contributed by atoms with E-state index in [2.05, 4.69) is 9.97 Å². The molecule has 5 heteroatoms. The lowest BCUT2D eigenvalue weighted by Gasteiger charge is -2.12. The van der Waals surface area contributed by atoms with Gasteiger partial charge in [-0.15, -0.1) is 0 Å². The molecule has 0 saturated carbocycles. The van der Waals surface area contributed by atoms with E-state index in [-0.39, 0.29) is 5.69 Å². The maximum absolute atomic E-state index is 13.7. The predicted octanol–water partition coefficient (Wildman–Crippen LogP) is 2.19. The summed E-state index contributed by atoms with van der Waals surface area (Å²) in [5, 5.41) is 18.3. The molecule has 19 heavy (non-hydrogen) atoms. The lowest BCUT2D eigenvalue weighted by atomic mass is 10.0. The summed E-state index contributed by atoms with van der Waals surface area (Å²) >= 11 is 0. The predicted molar refractivity (Wildman–Crippen MR) is 68.8 cm³/mol. The monoisotopic (exact) mass is 262 g/mol. The number of hydrogen-bond acceptors (Lipinski definition) is 4. The molecular weight excluding hydrogens is 247 g/mol. The molecule has 0 spiro atoms. The van der Waals surface area contributed by atoms with Gasteiger partial charge in [-0.3, -0.25) is 0 Å². The number of aromatic nitrogens is 2. The summed E-state index contributed by atoms with van der Waals surface area (Å²) in [6, 6.07) is 5.71. The molecule has 0 radical (unpaired) electrons. The van der Waals surface area contributed by atoms with Gasteiger partial charge < -0.3 is 10.2 Å². The lowest BCUT2D eigenvalue weighted by Crippen LogP contribution is -2.09. The smallest absolute Gasteiger partial charge is 0.199 e. The number of aliphatic hydroxyl groups excluding tert-OH is 1. The number of benzene rings is 1. The van der Waals surface area contributed by atoms with Crippen molar-refractivity contribution in [1.29, 1.82) is 0 Å². The van der Waals surface area contributed by atoms with Gasteiger partial charge in [0.15, 0.2) is 17.9 Å². The number of nitrogens with zero attached hydrogens (tertiary/aromatic N) is 2. The molecule has 1 aromatic carbocycles. The van der Waals surface area contributed by atoms with Crippen molar-refractivity contribution in [2.45, 2.75) is 27.1 Å². The van der Waals surface area contributed by atoms with E-state index in [9.17, 15) is 4.39 Å². The molecule has 0 amide bonds. The zero-order chi connectivity index (χ0) is 14.2. The molecule has 1 heterocycles.